The van der Waals surface area contributed by atoms with E-state index in [-0.39, 0.29) is 17.9 Å². The Kier molecular flexibility index (Phi) is 6.45. The van der Waals surface area contributed by atoms with Gasteiger partial charge in [0.25, 0.3) is 0 Å². The molecular formula is C15H26N4O. The lowest BCUT2D eigenvalue weighted by molar-refractivity contribution is -0.119. The van der Waals surface area contributed by atoms with Gasteiger partial charge >= 0.3 is 0 Å². The molecule has 5 heteroatoms. The minimum absolute atomic E-state index is 0.0241. The molecule has 112 valence electrons. The number of carbonyl (C=O) groups excluding carboxylic acids is 1. The van der Waals surface area contributed by atoms with E-state index in [2.05, 4.69) is 10.3 Å². The fourth-order valence-electron chi connectivity index (χ4n) is 1.98. The Balaban J connectivity index is 2.57. The molecule has 2 atom stereocenters. The van der Waals surface area contributed by atoms with Crippen LogP contribution < -0.4 is 16.0 Å². The first-order valence-corrected chi connectivity index (χ1v) is 7.10. The number of nitrogens with zero attached hydrogens (tertiary/aromatic N) is 2. The van der Waals surface area contributed by atoms with Gasteiger partial charge in [0.15, 0.2) is 5.82 Å². The van der Waals surface area contributed by atoms with Crippen molar-refractivity contribution in [1.82, 2.24) is 4.98 Å². The zero-order valence-electron chi connectivity index (χ0n) is 12.9. The summed E-state index contributed by atoms with van der Waals surface area (Å²) in [6.45, 7) is 3.94. The highest BCUT2D eigenvalue weighted by atomic mass is 16.1. The van der Waals surface area contributed by atoms with Crippen LogP contribution in [0.5, 0.6) is 0 Å². The smallest absolute Gasteiger partial charge is 0.227 e. The third-order valence-electron chi connectivity index (χ3n) is 3.21. The molecule has 0 saturated heterocycles. The molecule has 0 aliphatic carbocycles. The molecule has 0 aliphatic heterocycles. The molecule has 1 aromatic rings. The number of anilines is 2. The number of hydrogen-bond acceptors (Lipinski definition) is 4. The summed E-state index contributed by atoms with van der Waals surface area (Å²) in [6.07, 6.45) is 4.50. The number of amides is 1. The fourth-order valence-corrected chi connectivity index (χ4v) is 1.98. The summed E-state index contributed by atoms with van der Waals surface area (Å²) in [5, 5.41) is 2.96. The normalized spacial score (nSPS) is 13.7. The van der Waals surface area contributed by atoms with Crippen molar-refractivity contribution in [2.45, 2.75) is 39.2 Å². The summed E-state index contributed by atoms with van der Waals surface area (Å²) in [6, 6.07) is 3.89. The van der Waals surface area contributed by atoms with Gasteiger partial charge in [-0.1, -0.05) is 13.3 Å². The number of rotatable bonds is 7. The molecule has 0 aliphatic rings. The molecule has 1 heterocycles. The Morgan fingerprint density at radius 2 is 2.10 bits per heavy atom. The van der Waals surface area contributed by atoms with Crippen molar-refractivity contribution in [1.29, 1.82) is 0 Å². The van der Waals surface area contributed by atoms with Crippen LogP contribution in [0.2, 0.25) is 0 Å². The van der Waals surface area contributed by atoms with Crippen LogP contribution in [0.3, 0.4) is 0 Å². The Bertz CT molecular complexity index is 432. The van der Waals surface area contributed by atoms with E-state index in [0.29, 0.717) is 0 Å². The molecule has 1 aromatic heterocycles. The standard InChI is InChI=1S/C15H26N4O/c1-11(7-5-8-12(2)16)15(20)18-13-9-6-10-17-14(13)19(3)4/h6,9-12H,5,7-8,16H2,1-4H3,(H,18,20). The largest absolute Gasteiger partial charge is 0.361 e. The predicted octanol–water partition coefficient (Wildman–Crippen LogP) is 2.24. The highest BCUT2D eigenvalue weighted by Crippen LogP contribution is 2.21. The van der Waals surface area contributed by atoms with Gasteiger partial charge in [0, 0.05) is 32.3 Å². The zero-order valence-corrected chi connectivity index (χ0v) is 12.9. The van der Waals surface area contributed by atoms with E-state index in [0.717, 1.165) is 30.8 Å². The second-order valence-electron chi connectivity index (χ2n) is 5.57. The lowest BCUT2D eigenvalue weighted by Gasteiger charge is -2.18. The van der Waals surface area contributed by atoms with Crippen LogP contribution in [0.15, 0.2) is 18.3 Å². The van der Waals surface area contributed by atoms with Gasteiger partial charge in [-0.15, -0.1) is 0 Å². The van der Waals surface area contributed by atoms with E-state index < -0.39 is 0 Å². The first-order chi connectivity index (χ1) is 9.41. The molecule has 20 heavy (non-hydrogen) atoms. The number of carbonyl (C=O) groups is 1. The number of nitrogens with one attached hydrogen (secondary N) is 1. The summed E-state index contributed by atoms with van der Waals surface area (Å²) in [4.78, 5) is 18.3. The minimum atomic E-state index is -0.0241. The second kappa shape index (κ2) is 7.85. The van der Waals surface area contributed by atoms with E-state index in [1.807, 2.05) is 45.0 Å². The molecular weight excluding hydrogens is 252 g/mol. The molecule has 0 bridgehead atoms. The van der Waals surface area contributed by atoms with E-state index in [4.69, 9.17) is 5.73 Å². The van der Waals surface area contributed by atoms with Crippen molar-refractivity contribution >= 4 is 17.4 Å². The SMILES string of the molecule is CC(N)CCCC(C)C(=O)Nc1cccnc1N(C)C. The Labute approximate surface area is 121 Å². The molecule has 5 nitrogen and oxygen atoms in total. The average Bonchev–Trinajstić information content (AvgIpc) is 2.38. The van der Waals surface area contributed by atoms with E-state index >= 15 is 0 Å². The highest BCUT2D eigenvalue weighted by molar-refractivity contribution is 5.94. The van der Waals surface area contributed by atoms with Crippen LogP contribution >= 0.6 is 0 Å². The molecule has 1 amide bonds. The van der Waals surface area contributed by atoms with Crippen molar-refractivity contribution in [3.8, 4) is 0 Å². The lowest BCUT2D eigenvalue weighted by atomic mass is 10.0. The van der Waals surface area contributed by atoms with Crippen LogP contribution in [0.4, 0.5) is 11.5 Å². The molecule has 0 fully saturated rings. The minimum Gasteiger partial charge on any atom is -0.361 e. The molecule has 1 rings (SSSR count). The van der Waals surface area contributed by atoms with Crippen molar-refractivity contribution in [3.05, 3.63) is 18.3 Å². The van der Waals surface area contributed by atoms with Gasteiger partial charge in [-0.25, -0.2) is 4.98 Å². The first-order valence-electron chi connectivity index (χ1n) is 7.10. The molecule has 0 saturated carbocycles. The quantitative estimate of drug-likeness (QED) is 0.802. The number of pyridine rings is 1. The summed E-state index contributed by atoms with van der Waals surface area (Å²) >= 11 is 0. The zero-order chi connectivity index (χ0) is 15.1. The third kappa shape index (κ3) is 5.17. The predicted molar refractivity (Wildman–Crippen MR) is 83.9 cm³/mol. The highest BCUT2D eigenvalue weighted by Gasteiger charge is 2.15. The second-order valence-corrected chi connectivity index (χ2v) is 5.57. The number of hydrogen-bond donors (Lipinski definition) is 2. The van der Waals surface area contributed by atoms with E-state index in [1.165, 1.54) is 0 Å². The molecule has 2 unspecified atom stereocenters. The van der Waals surface area contributed by atoms with Crippen LogP contribution in [0.1, 0.15) is 33.1 Å². The van der Waals surface area contributed by atoms with Gasteiger partial charge in [0.1, 0.15) is 0 Å². The molecule has 0 radical (unpaired) electrons. The topological polar surface area (TPSA) is 71.2 Å². The van der Waals surface area contributed by atoms with Crippen LogP contribution in [-0.2, 0) is 4.79 Å². The van der Waals surface area contributed by atoms with Gasteiger partial charge in [-0.3, -0.25) is 4.79 Å². The van der Waals surface area contributed by atoms with Gasteiger partial charge in [0.05, 0.1) is 5.69 Å². The summed E-state index contributed by atoms with van der Waals surface area (Å²) in [5.41, 5.74) is 6.47. The van der Waals surface area contributed by atoms with Crippen LogP contribution in [0.25, 0.3) is 0 Å². The number of aromatic nitrogens is 1. The fraction of sp³-hybridized carbons (Fsp3) is 0.600. The van der Waals surface area contributed by atoms with Crippen molar-refractivity contribution in [3.63, 3.8) is 0 Å². The van der Waals surface area contributed by atoms with Gasteiger partial charge in [-0.05, 0) is 31.9 Å². The summed E-state index contributed by atoms with van der Waals surface area (Å²) in [7, 11) is 3.81. The summed E-state index contributed by atoms with van der Waals surface area (Å²) < 4.78 is 0. The lowest BCUT2D eigenvalue weighted by Crippen LogP contribution is -2.23. The molecule has 0 spiro atoms. The van der Waals surface area contributed by atoms with Gasteiger partial charge < -0.3 is 16.0 Å². The summed E-state index contributed by atoms with van der Waals surface area (Å²) in [5.74, 6) is 0.776. The third-order valence-corrected chi connectivity index (χ3v) is 3.21. The molecule has 3 N–H and O–H groups in total. The van der Waals surface area contributed by atoms with Crippen LogP contribution in [-0.4, -0.2) is 31.0 Å². The Morgan fingerprint density at radius 3 is 2.70 bits per heavy atom. The first kappa shape index (κ1) is 16.4. The van der Waals surface area contributed by atoms with Gasteiger partial charge in [-0.2, -0.15) is 0 Å². The van der Waals surface area contributed by atoms with E-state index in [9.17, 15) is 4.79 Å². The maximum atomic E-state index is 12.2. The Morgan fingerprint density at radius 1 is 1.40 bits per heavy atom. The molecule has 0 aromatic carbocycles. The number of nitrogens with two attached hydrogens (primary N) is 1. The monoisotopic (exact) mass is 278 g/mol. The van der Waals surface area contributed by atoms with Crippen molar-refractivity contribution in [2.75, 3.05) is 24.3 Å². The Hall–Kier alpha value is -1.62. The van der Waals surface area contributed by atoms with Crippen molar-refractivity contribution < 1.29 is 4.79 Å². The van der Waals surface area contributed by atoms with Crippen LogP contribution in [0, 0.1) is 5.92 Å². The average molecular weight is 278 g/mol. The maximum Gasteiger partial charge on any atom is 0.227 e. The van der Waals surface area contributed by atoms with E-state index in [1.54, 1.807) is 6.20 Å². The van der Waals surface area contributed by atoms with Crippen molar-refractivity contribution in [2.24, 2.45) is 11.7 Å². The van der Waals surface area contributed by atoms with Gasteiger partial charge in [0.2, 0.25) is 5.91 Å². The maximum absolute atomic E-state index is 12.2.